The van der Waals surface area contributed by atoms with Gasteiger partial charge in [0.05, 0.1) is 5.56 Å². The molecule has 0 spiro atoms. The van der Waals surface area contributed by atoms with Crippen LogP contribution in [0, 0.1) is 5.92 Å². The number of likely N-dealkylation sites (tertiary alicyclic amines) is 1. The number of benzene rings is 1. The lowest BCUT2D eigenvalue weighted by Gasteiger charge is -2.31. The van der Waals surface area contributed by atoms with Crippen LogP contribution in [0.3, 0.4) is 0 Å². The fourth-order valence-electron chi connectivity index (χ4n) is 3.21. The van der Waals surface area contributed by atoms with E-state index in [1.54, 1.807) is 0 Å². The van der Waals surface area contributed by atoms with Crippen molar-refractivity contribution in [2.24, 2.45) is 13.0 Å². The fraction of sp³-hybridized carbons (Fsp3) is 0.368. The molecule has 2 heterocycles. The summed E-state index contributed by atoms with van der Waals surface area (Å²) in [7, 11) is 1.44. The summed E-state index contributed by atoms with van der Waals surface area (Å²) in [6.07, 6.45) is -3.32. The van der Waals surface area contributed by atoms with E-state index < -0.39 is 17.7 Å². The van der Waals surface area contributed by atoms with Crippen molar-refractivity contribution in [3.05, 3.63) is 63.6 Å². The Hall–Kier alpha value is -2.97. The SMILES string of the molecule is Cn1nc(C(=O)N2CCCC(C(=O)c3ccc(C(F)(F)F)cc3)C2)ccc1=O. The number of hydrogen-bond donors (Lipinski definition) is 0. The first-order valence-corrected chi connectivity index (χ1v) is 8.72. The van der Waals surface area contributed by atoms with E-state index in [4.69, 9.17) is 0 Å². The van der Waals surface area contributed by atoms with Gasteiger partial charge in [-0.25, -0.2) is 4.68 Å². The van der Waals surface area contributed by atoms with Crippen LogP contribution in [0.4, 0.5) is 13.2 Å². The number of hydrogen-bond acceptors (Lipinski definition) is 4. The van der Waals surface area contributed by atoms with E-state index in [1.807, 2.05) is 0 Å². The number of carbonyl (C=O) groups is 2. The second kappa shape index (κ2) is 7.57. The van der Waals surface area contributed by atoms with Crippen LogP contribution in [0.1, 0.15) is 39.3 Å². The maximum absolute atomic E-state index is 12.7. The Morgan fingerprint density at radius 3 is 2.39 bits per heavy atom. The molecule has 1 aromatic heterocycles. The molecule has 0 bridgehead atoms. The van der Waals surface area contributed by atoms with Crippen molar-refractivity contribution in [1.29, 1.82) is 0 Å². The van der Waals surface area contributed by atoms with E-state index in [0.717, 1.165) is 16.8 Å². The van der Waals surface area contributed by atoms with Crippen LogP contribution < -0.4 is 5.56 Å². The highest BCUT2D eigenvalue weighted by atomic mass is 19.4. The van der Waals surface area contributed by atoms with Gasteiger partial charge in [0.2, 0.25) is 0 Å². The molecule has 1 aliphatic rings. The van der Waals surface area contributed by atoms with Gasteiger partial charge in [-0.2, -0.15) is 18.3 Å². The second-order valence-electron chi connectivity index (χ2n) is 6.71. The standard InChI is InChI=1S/C19H18F3N3O3/c1-24-16(26)9-8-15(23-24)18(28)25-10-2-3-13(11-25)17(27)12-4-6-14(7-5-12)19(20,21)22/h4-9,13H,2-3,10-11H2,1H3. The number of rotatable bonds is 3. The van der Waals surface area contributed by atoms with Gasteiger partial charge in [-0.05, 0) is 31.0 Å². The van der Waals surface area contributed by atoms with Gasteiger partial charge >= 0.3 is 6.18 Å². The molecule has 1 amide bonds. The smallest absolute Gasteiger partial charge is 0.337 e. The third-order valence-corrected chi connectivity index (χ3v) is 4.76. The Morgan fingerprint density at radius 2 is 1.79 bits per heavy atom. The van der Waals surface area contributed by atoms with Crippen molar-refractivity contribution in [2.75, 3.05) is 13.1 Å². The Kier molecular flexibility index (Phi) is 5.35. The topological polar surface area (TPSA) is 72.3 Å². The van der Waals surface area contributed by atoms with Crippen molar-refractivity contribution in [2.45, 2.75) is 19.0 Å². The van der Waals surface area contributed by atoms with Crippen LogP contribution >= 0.6 is 0 Å². The molecule has 148 valence electrons. The van der Waals surface area contributed by atoms with Gasteiger partial charge in [-0.3, -0.25) is 14.4 Å². The zero-order valence-electron chi connectivity index (χ0n) is 15.1. The van der Waals surface area contributed by atoms with E-state index in [9.17, 15) is 27.6 Å². The van der Waals surface area contributed by atoms with Gasteiger partial charge < -0.3 is 4.90 Å². The lowest BCUT2D eigenvalue weighted by molar-refractivity contribution is -0.137. The van der Waals surface area contributed by atoms with Crippen LogP contribution in [0.5, 0.6) is 0 Å². The van der Waals surface area contributed by atoms with Crippen LogP contribution in [-0.4, -0.2) is 39.5 Å². The largest absolute Gasteiger partial charge is 0.416 e. The normalized spacial score (nSPS) is 17.4. The summed E-state index contributed by atoms with van der Waals surface area (Å²) in [5, 5.41) is 3.93. The molecule has 1 aliphatic heterocycles. The molecule has 6 nitrogen and oxygen atoms in total. The lowest BCUT2D eigenvalue weighted by Crippen LogP contribution is -2.43. The summed E-state index contributed by atoms with van der Waals surface area (Å²) in [4.78, 5) is 38.2. The maximum Gasteiger partial charge on any atom is 0.416 e. The second-order valence-corrected chi connectivity index (χ2v) is 6.71. The third-order valence-electron chi connectivity index (χ3n) is 4.76. The molecule has 0 saturated carbocycles. The molecule has 1 atom stereocenters. The Balaban J connectivity index is 1.73. The summed E-state index contributed by atoms with van der Waals surface area (Å²) in [5.74, 6) is -1.18. The third kappa shape index (κ3) is 4.13. The van der Waals surface area contributed by atoms with Gasteiger partial charge in [-0.1, -0.05) is 12.1 Å². The van der Waals surface area contributed by atoms with Gasteiger partial charge in [0.25, 0.3) is 11.5 Å². The van der Waals surface area contributed by atoms with Crippen LogP contribution in [0.25, 0.3) is 0 Å². The Bertz CT molecular complexity index is 951. The van der Waals surface area contributed by atoms with E-state index in [2.05, 4.69) is 5.10 Å². The first-order chi connectivity index (χ1) is 13.2. The minimum atomic E-state index is -4.46. The highest BCUT2D eigenvalue weighted by Crippen LogP contribution is 2.30. The average molecular weight is 393 g/mol. The van der Waals surface area contributed by atoms with E-state index in [0.29, 0.717) is 19.4 Å². The van der Waals surface area contributed by atoms with E-state index >= 15 is 0 Å². The monoisotopic (exact) mass is 393 g/mol. The van der Waals surface area contributed by atoms with Gasteiger partial charge in [0, 0.05) is 37.7 Å². The molecule has 3 rings (SSSR count). The molecule has 28 heavy (non-hydrogen) atoms. The van der Waals surface area contributed by atoms with Gasteiger partial charge in [0.1, 0.15) is 5.69 Å². The van der Waals surface area contributed by atoms with Crippen molar-refractivity contribution in [1.82, 2.24) is 14.7 Å². The number of aryl methyl sites for hydroxylation is 1. The van der Waals surface area contributed by atoms with Crippen LogP contribution in [-0.2, 0) is 13.2 Å². The van der Waals surface area contributed by atoms with E-state index in [-0.39, 0.29) is 35.1 Å². The molecule has 0 aliphatic carbocycles. The van der Waals surface area contributed by atoms with Gasteiger partial charge in [0.15, 0.2) is 5.78 Å². The first-order valence-electron chi connectivity index (χ1n) is 8.72. The van der Waals surface area contributed by atoms with E-state index in [1.165, 1.54) is 36.2 Å². The minimum absolute atomic E-state index is 0.102. The quantitative estimate of drug-likeness (QED) is 0.752. The molecule has 1 saturated heterocycles. The molecule has 0 N–H and O–H groups in total. The molecular weight excluding hydrogens is 375 g/mol. The molecule has 9 heteroatoms. The molecule has 1 unspecified atom stereocenters. The number of carbonyl (C=O) groups excluding carboxylic acids is 2. The number of nitrogens with zero attached hydrogens (tertiary/aromatic N) is 3. The molecule has 2 aromatic rings. The van der Waals surface area contributed by atoms with Crippen molar-refractivity contribution in [3.63, 3.8) is 0 Å². The number of piperidine rings is 1. The molecular formula is C19H18F3N3O3. The summed E-state index contributed by atoms with van der Waals surface area (Å²) in [6, 6.07) is 6.68. The molecule has 0 radical (unpaired) electrons. The van der Waals surface area contributed by atoms with Crippen molar-refractivity contribution in [3.8, 4) is 0 Å². The predicted molar refractivity (Wildman–Crippen MR) is 93.9 cm³/mol. The Morgan fingerprint density at radius 1 is 1.11 bits per heavy atom. The van der Waals surface area contributed by atoms with Crippen molar-refractivity contribution < 1.29 is 22.8 Å². The zero-order chi connectivity index (χ0) is 20.5. The minimum Gasteiger partial charge on any atom is -0.337 e. The summed E-state index contributed by atoms with van der Waals surface area (Å²) < 4.78 is 39.1. The maximum atomic E-state index is 12.7. The molecule has 1 aromatic carbocycles. The number of aromatic nitrogens is 2. The Labute approximate surface area is 158 Å². The number of ketones is 1. The summed E-state index contributed by atoms with van der Waals surface area (Å²) in [5.41, 5.74) is -0.868. The predicted octanol–water partition coefficient (Wildman–Crippen LogP) is 2.53. The number of halogens is 3. The molecule has 1 fully saturated rings. The summed E-state index contributed by atoms with van der Waals surface area (Å²) in [6.45, 7) is 0.601. The number of Topliss-reactive ketones (excluding diaryl/α,β-unsaturated/α-hetero) is 1. The average Bonchev–Trinajstić information content (AvgIpc) is 2.68. The first kappa shape index (κ1) is 19.8. The van der Waals surface area contributed by atoms with Gasteiger partial charge in [-0.15, -0.1) is 0 Å². The highest BCUT2D eigenvalue weighted by Gasteiger charge is 2.32. The zero-order valence-corrected chi connectivity index (χ0v) is 15.1. The fourth-order valence-corrected chi connectivity index (χ4v) is 3.21. The summed E-state index contributed by atoms with van der Waals surface area (Å²) >= 11 is 0. The highest BCUT2D eigenvalue weighted by molar-refractivity contribution is 5.99. The lowest BCUT2D eigenvalue weighted by atomic mass is 9.89. The number of alkyl halides is 3. The van der Waals surface area contributed by atoms with Crippen molar-refractivity contribution >= 4 is 11.7 Å². The number of amides is 1. The van der Waals surface area contributed by atoms with Crippen LogP contribution in [0.2, 0.25) is 0 Å². The van der Waals surface area contributed by atoms with Crippen LogP contribution in [0.15, 0.2) is 41.2 Å².